The van der Waals surface area contributed by atoms with Crippen LogP contribution in [0.15, 0.2) is 66.7 Å². The van der Waals surface area contributed by atoms with Gasteiger partial charge in [0.25, 0.3) is 0 Å². The Bertz CT molecular complexity index is 795. The van der Waals surface area contributed by atoms with Crippen molar-refractivity contribution in [3.05, 3.63) is 77.9 Å². The third-order valence-electron chi connectivity index (χ3n) is 4.42. The Balaban J connectivity index is 0.00000208. The monoisotopic (exact) mass is 339 g/mol. The average Bonchev–Trinajstić information content (AvgIpc) is 2.54. The number of fused-ring (bicyclic) bond motifs is 1. The first kappa shape index (κ1) is 18.4. The van der Waals surface area contributed by atoms with Crippen LogP contribution in [0.5, 0.6) is 0 Å². The molecule has 2 heteroatoms. The van der Waals surface area contributed by atoms with Gasteiger partial charge in [0.1, 0.15) is 0 Å². The Morgan fingerprint density at radius 3 is 2.08 bits per heavy atom. The summed E-state index contributed by atoms with van der Waals surface area (Å²) in [4.78, 5) is 2.33. The van der Waals surface area contributed by atoms with E-state index in [2.05, 4.69) is 99.4 Å². The van der Waals surface area contributed by atoms with Crippen LogP contribution in [0.4, 0.5) is 5.69 Å². The van der Waals surface area contributed by atoms with E-state index in [4.69, 9.17) is 0 Å². The van der Waals surface area contributed by atoms with Crippen molar-refractivity contribution in [2.45, 2.75) is 32.7 Å². The highest BCUT2D eigenvalue weighted by Gasteiger charge is 2.13. The SMILES string of the molecule is CN(Cc1ccc(C(C)(C)C)cc1)c1cccc2ccccc12.Cl. The lowest BCUT2D eigenvalue weighted by atomic mass is 9.87. The van der Waals surface area contributed by atoms with Crippen molar-refractivity contribution >= 4 is 28.9 Å². The Hall–Kier alpha value is -1.99. The zero-order valence-corrected chi connectivity index (χ0v) is 15.7. The molecule has 24 heavy (non-hydrogen) atoms. The van der Waals surface area contributed by atoms with Gasteiger partial charge in [0.05, 0.1) is 0 Å². The highest BCUT2D eigenvalue weighted by atomic mass is 35.5. The van der Waals surface area contributed by atoms with Crippen molar-refractivity contribution in [2.24, 2.45) is 0 Å². The molecule has 1 nitrogen and oxygen atoms in total. The van der Waals surface area contributed by atoms with E-state index in [0.29, 0.717) is 0 Å². The second kappa shape index (κ2) is 7.27. The molecule has 0 radical (unpaired) electrons. The molecule has 0 amide bonds. The molecule has 0 saturated heterocycles. The molecule has 0 unspecified atom stereocenters. The molecule has 0 N–H and O–H groups in total. The minimum atomic E-state index is 0. The molecular formula is C22H26ClN. The van der Waals surface area contributed by atoms with Crippen molar-refractivity contribution in [3.8, 4) is 0 Å². The van der Waals surface area contributed by atoms with E-state index in [1.54, 1.807) is 0 Å². The number of rotatable bonds is 3. The molecule has 3 aromatic carbocycles. The molecule has 0 spiro atoms. The largest absolute Gasteiger partial charge is 0.370 e. The summed E-state index contributed by atoms with van der Waals surface area (Å²) in [6.07, 6.45) is 0. The summed E-state index contributed by atoms with van der Waals surface area (Å²) in [5.41, 5.74) is 4.21. The number of benzene rings is 3. The second-order valence-corrected chi connectivity index (χ2v) is 7.30. The third-order valence-corrected chi connectivity index (χ3v) is 4.42. The van der Waals surface area contributed by atoms with Gasteiger partial charge < -0.3 is 4.90 Å². The van der Waals surface area contributed by atoms with Crippen LogP contribution in [0.25, 0.3) is 10.8 Å². The first-order valence-electron chi connectivity index (χ1n) is 8.23. The summed E-state index contributed by atoms with van der Waals surface area (Å²) in [6.45, 7) is 7.68. The van der Waals surface area contributed by atoms with Crippen LogP contribution >= 0.6 is 12.4 Å². The minimum Gasteiger partial charge on any atom is -0.370 e. The third kappa shape index (κ3) is 3.91. The van der Waals surface area contributed by atoms with Gasteiger partial charge in [-0.05, 0) is 28.0 Å². The van der Waals surface area contributed by atoms with Crippen LogP contribution in [0.2, 0.25) is 0 Å². The van der Waals surface area contributed by atoms with E-state index >= 15 is 0 Å². The summed E-state index contributed by atoms with van der Waals surface area (Å²) in [5.74, 6) is 0. The van der Waals surface area contributed by atoms with Crippen molar-refractivity contribution < 1.29 is 0 Å². The van der Waals surface area contributed by atoms with E-state index in [-0.39, 0.29) is 17.8 Å². The number of hydrogen-bond acceptors (Lipinski definition) is 1. The summed E-state index contributed by atoms with van der Waals surface area (Å²) in [7, 11) is 2.17. The van der Waals surface area contributed by atoms with Crippen LogP contribution in [-0.2, 0) is 12.0 Å². The Morgan fingerprint density at radius 1 is 0.792 bits per heavy atom. The molecule has 0 aliphatic heterocycles. The predicted octanol–water partition coefficient (Wildman–Crippen LogP) is 6.20. The van der Waals surface area contributed by atoms with E-state index in [1.165, 1.54) is 27.6 Å². The molecule has 0 heterocycles. The van der Waals surface area contributed by atoms with Crippen molar-refractivity contribution in [2.75, 3.05) is 11.9 Å². The molecule has 3 rings (SSSR count). The van der Waals surface area contributed by atoms with Gasteiger partial charge in [0.2, 0.25) is 0 Å². The lowest BCUT2D eigenvalue weighted by Gasteiger charge is -2.23. The molecule has 0 fully saturated rings. The molecule has 0 aliphatic rings. The van der Waals surface area contributed by atoms with Crippen LogP contribution < -0.4 is 4.90 Å². The lowest BCUT2D eigenvalue weighted by Crippen LogP contribution is -2.17. The zero-order valence-electron chi connectivity index (χ0n) is 14.9. The second-order valence-electron chi connectivity index (χ2n) is 7.30. The van der Waals surface area contributed by atoms with Gasteiger partial charge in [0.15, 0.2) is 0 Å². The molecule has 0 atom stereocenters. The Morgan fingerprint density at radius 2 is 1.42 bits per heavy atom. The lowest BCUT2D eigenvalue weighted by molar-refractivity contribution is 0.590. The topological polar surface area (TPSA) is 3.24 Å². The van der Waals surface area contributed by atoms with E-state index in [0.717, 1.165) is 6.54 Å². The maximum atomic E-state index is 2.33. The smallest absolute Gasteiger partial charge is 0.0446 e. The quantitative estimate of drug-likeness (QED) is 0.549. The summed E-state index contributed by atoms with van der Waals surface area (Å²) in [6, 6.07) is 24.1. The number of halogens is 1. The van der Waals surface area contributed by atoms with Crippen molar-refractivity contribution in [3.63, 3.8) is 0 Å². The highest BCUT2D eigenvalue weighted by Crippen LogP contribution is 2.27. The summed E-state index contributed by atoms with van der Waals surface area (Å²) < 4.78 is 0. The fourth-order valence-corrected chi connectivity index (χ4v) is 3.01. The molecule has 3 aromatic rings. The Labute approximate surface area is 151 Å². The van der Waals surface area contributed by atoms with Gasteiger partial charge in [0, 0.05) is 24.7 Å². The standard InChI is InChI=1S/C22H25N.ClH/c1-22(2,3)19-14-12-17(13-15-19)16-23(4)21-11-7-9-18-8-5-6-10-20(18)21;/h5-15H,16H2,1-4H3;1H. The van der Waals surface area contributed by atoms with Crippen LogP contribution in [0, 0.1) is 0 Å². The van der Waals surface area contributed by atoms with Gasteiger partial charge in [-0.15, -0.1) is 12.4 Å². The van der Waals surface area contributed by atoms with E-state index in [1.807, 2.05) is 0 Å². The van der Waals surface area contributed by atoms with Gasteiger partial charge in [-0.2, -0.15) is 0 Å². The molecular weight excluding hydrogens is 314 g/mol. The van der Waals surface area contributed by atoms with Gasteiger partial charge >= 0.3 is 0 Å². The van der Waals surface area contributed by atoms with Gasteiger partial charge in [-0.25, -0.2) is 0 Å². The molecule has 0 saturated carbocycles. The van der Waals surface area contributed by atoms with Gasteiger partial charge in [-0.1, -0.05) is 81.4 Å². The normalized spacial score (nSPS) is 11.2. The molecule has 0 aromatic heterocycles. The molecule has 126 valence electrons. The Kier molecular flexibility index (Phi) is 5.56. The zero-order chi connectivity index (χ0) is 16.4. The first-order chi connectivity index (χ1) is 10.9. The van der Waals surface area contributed by atoms with E-state index in [9.17, 15) is 0 Å². The fraction of sp³-hybridized carbons (Fsp3) is 0.273. The van der Waals surface area contributed by atoms with Crippen molar-refractivity contribution in [1.82, 2.24) is 0 Å². The number of hydrogen-bond donors (Lipinski definition) is 0. The number of anilines is 1. The maximum Gasteiger partial charge on any atom is 0.0446 e. The number of nitrogens with zero attached hydrogens (tertiary/aromatic N) is 1. The minimum absolute atomic E-state index is 0. The van der Waals surface area contributed by atoms with Crippen LogP contribution in [0.3, 0.4) is 0 Å². The maximum absolute atomic E-state index is 2.33. The van der Waals surface area contributed by atoms with Gasteiger partial charge in [-0.3, -0.25) is 0 Å². The molecule has 0 bridgehead atoms. The predicted molar refractivity (Wildman–Crippen MR) is 108 cm³/mol. The van der Waals surface area contributed by atoms with Crippen LogP contribution in [-0.4, -0.2) is 7.05 Å². The molecule has 0 aliphatic carbocycles. The summed E-state index contributed by atoms with van der Waals surface area (Å²) >= 11 is 0. The fourth-order valence-electron chi connectivity index (χ4n) is 3.01. The highest BCUT2D eigenvalue weighted by molar-refractivity contribution is 5.94. The average molecular weight is 340 g/mol. The van der Waals surface area contributed by atoms with Crippen LogP contribution in [0.1, 0.15) is 31.9 Å². The summed E-state index contributed by atoms with van der Waals surface area (Å²) in [5, 5.41) is 2.60. The first-order valence-corrected chi connectivity index (χ1v) is 8.23. The van der Waals surface area contributed by atoms with E-state index < -0.39 is 0 Å². The van der Waals surface area contributed by atoms with Crippen molar-refractivity contribution in [1.29, 1.82) is 0 Å².